The van der Waals surface area contributed by atoms with Crippen molar-refractivity contribution in [1.29, 1.82) is 0 Å². The Balaban J connectivity index is 2.37. The van der Waals surface area contributed by atoms with Crippen LogP contribution in [0.3, 0.4) is 0 Å². The van der Waals surface area contributed by atoms with Crippen LogP contribution in [0.15, 0.2) is 61.2 Å². The summed E-state index contributed by atoms with van der Waals surface area (Å²) in [5.41, 5.74) is 4.75. The Kier molecular flexibility index (Phi) is 3.73. The van der Waals surface area contributed by atoms with Crippen molar-refractivity contribution in [3.63, 3.8) is 0 Å². The number of benzene rings is 2. The number of nitrogens with one attached hydrogen (secondary N) is 1. The molecule has 0 radical (unpaired) electrons. The number of hydrogen-bond donors (Lipinski definition) is 1. The van der Waals surface area contributed by atoms with Crippen LogP contribution in [0.4, 0.5) is 0 Å². The second-order valence-electron chi connectivity index (χ2n) is 4.03. The Bertz CT molecular complexity index is 500. The van der Waals surface area contributed by atoms with Gasteiger partial charge in [-0.3, -0.25) is 0 Å². The van der Waals surface area contributed by atoms with E-state index in [-0.39, 0.29) is 0 Å². The lowest BCUT2D eigenvalue weighted by atomic mass is 9.95. The van der Waals surface area contributed by atoms with Crippen LogP contribution in [-0.2, 0) is 6.54 Å². The molecular formula is C16H17N. The molecular weight excluding hydrogens is 206 g/mol. The molecule has 0 aliphatic heterocycles. The van der Waals surface area contributed by atoms with Crippen molar-refractivity contribution < 1.29 is 0 Å². The SMILES string of the molecule is C=C(c1ccccc1)c1ccccc1CNC. The van der Waals surface area contributed by atoms with E-state index in [0.717, 1.165) is 12.1 Å². The first kappa shape index (κ1) is 11.6. The summed E-state index contributed by atoms with van der Waals surface area (Å²) < 4.78 is 0. The van der Waals surface area contributed by atoms with E-state index in [1.54, 1.807) is 0 Å². The molecule has 1 heteroatoms. The average molecular weight is 223 g/mol. The van der Waals surface area contributed by atoms with Crippen molar-refractivity contribution >= 4 is 5.57 Å². The molecule has 0 aromatic heterocycles. The smallest absolute Gasteiger partial charge is 0.0208 e. The van der Waals surface area contributed by atoms with Crippen LogP contribution in [0.1, 0.15) is 16.7 Å². The van der Waals surface area contributed by atoms with Gasteiger partial charge in [-0.15, -0.1) is 0 Å². The van der Waals surface area contributed by atoms with Gasteiger partial charge in [0.05, 0.1) is 0 Å². The summed E-state index contributed by atoms with van der Waals surface area (Å²) in [6, 6.07) is 18.7. The molecule has 1 N–H and O–H groups in total. The first-order chi connectivity index (χ1) is 8.33. The average Bonchev–Trinajstić information content (AvgIpc) is 2.40. The van der Waals surface area contributed by atoms with Crippen LogP contribution >= 0.6 is 0 Å². The molecule has 0 amide bonds. The van der Waals surface area contributed by atoms with Gasteiger partial charge in [-0.25, -0.2) is 0 Å². The maximum Gasteiger partial charge on any atom is 0.0208 e. The monoisotopic (exact) mass is 223 g/mol. The van der Waals surface area contributed by atoms with Crippen molar-refractivity contribution in [3.05, 3.63) is 77.9 Å². The summed E-state index contributed by atoms with van der Waals surface area (Å²) in [5, 5.41) is 3.19. The highest BCUT2D eigenvalue weighted by molar-refractivity contribution is 5.79. The predicted molar refractivity (Wildman–Crippen MR) is 73.8 cm³/mol. The van der Waals surface area contributed by atoms with E-state index >= 15 is 0 Å². The van der Waals surface area contributed by atoms with Crippen LogP contribution in [-0.4, -0.2) is 7.05 Å². The zero-order chi connectivity index (χ0) is 12.1. The van der Waals surface area contributed by atoms with Crippen LogP contribution in [0.25, 0.3) is 5.57 Å². The molecule has 0 bridgehead atoms. The second kappa shape index (κ2) is 5.46. The highest BCUT2D eigenvalue weighted by Crippen LogP contribution is 2.24. The van der Waals surface area contributed by atoms with Crippen molar-refractivity contribution in [2.45, 2.75) is 6.54 Å². The van der Waals surface area contributed by atoms with Crippen LogP contribution in [0, 0.1) is 0 Å². The van der Waals surface area contributed by atoms with Gasteiger partial charge in [0.15, 0.2) is 0 Å². The van der Waals surface area contributed by atoms with Crippen LogP contribution < -0.4 is 5.32 Å². The molecule has 0 spiro atoms. The molecule has 0 aliphatic rings. The molecule has 2 aromatic carbocycles. The fourth-order valence-electron chi connectivity index (χ4n) is 1.95. The van der Waals surface area contributed by atoms with E-state index in [2.05, 4.69) is 48.3 Å². The maximum absolute atomic E-state index is 4.21. The lowest BCUT2D eigenvalue weighted by Gasteiger charge is -2.11. The van der Waals surface area contributed by atoms with Gasteiger partial charge in [-0.05, 0) is 29.3 Å². The van der Waals surface area contributed by atoms with E-state index < -0.39 is 0 Å². The quantitative estimate of drug-likeness (QED) is 0.837. The third-order valence-electron chi connectivity index (χ3n) is 2.83. The Hall–Kier alpha value is -1.86. The third-order valence-corrected chi connectivity index (χ3v) is 2.83. The summed E-state index contributed by atoms with van der Waals surface area (Å²) in [6.07, 6.45) is 0. The Morgan fingerprint density at radius 2 is 1.65 bits per heavy atom. The molecule has 0 aliphatic carbocycles. The van der Waals surface area contributed by atoms with E-state index in [1.165, 1.54) is 16.7 Å². The molecule has 1 nitrogen and oxygen atoms in total. The zero-order valence-corrected chi connectivity index (χ0v) is 10.1. The Labute approximate surface area is 103 Å². The first-order valence-electron chi connectivity index (χ1n) is 5.80. The molecule has 0 saturated carbocycles. The molecule has 0 unspecified atom stereocenters. The van der Waals surface area contributed by atoms with Crippen molar-refractivity contribution in [2.75, 3.05) is 7.05 Å². The van der Waals surface area contributed by atoms with Crippen molar-refractivity contribution in [1.82, 2.24) is 5.32 Å². The molecule has 86 valence electrons. The minimum absolute atomic E-state index is 0.863. The van der Waals surface area contributed by atoms with Crippen molar-refractivity contribution in [3.8, 4) is 0 Å². The van der Waals surface area contributed by atoms with Crippen LogP contribution in [0.2, 0.25) is 0 Å². The van der Waals surface area contributed by atoms with E-state index in [0.29, 0.717) is 0 Å². The molecule has 2 rings (SSSR count). The Morgan fingerprint density at radius 1 is 1.00 bits per heavy atom. The minimum atomic E-state index is 0.863. The fraction of sp³-hybridized carbons (Fsp3) is 0.125. The van der Waals surface area contributed by atoms with Gasteiger partial charge in [0.25, 0.3) is 0 Å². The molecule has 0 heterocycles. The predicted octanol–water partition coefficient (Wildman–Crippen LogP) is 3.47. The highest BCUT2D eigenvalue weighted by Gasteiger charge is 2.06. The largest absolute Gasteiger partial charge is 0.316 e. The van der Waals surface area contributed by atoms with E-state index in [9.17, 15) is 0 Å². The highest BCUT2D eigenvalue weighted by atomic mass is 14.8. The van der Waals surface area contributed by atoms with Gasteiger partial charge in [-0.2, -0.15) is 0 Å². The van der Waals surface area contributed by atoms with Gasteiger partial charge in [0.2, 0.25) is 0 Å². The fourth-order valence-corrected chi connectivity index (χ4v) is 1.95. The summed E-state index contributed by atoms with van der Waals surface area (Å²) in [7, 11) is 1.96. The molecule has 0 saturated heterocycles. The molecule has 0 atom stereocenters. The lowest BCUT2D eigenvalue weighted by Crippen LogP contribution is -2.07. The lowest BCUT2D eigenvalue weighted by molar-refractivity contribution is 0.816. The normalized spacial score (nSPS) is 10.2. The minimum Gasteiger partial charge on any atom is -0.316 e. The van der Waals surface area contributed by atoms with Gasteiger partial charge in [-0.1, -0.05) is 61.2 Å². The van der Waals surface area contributed by atoms with E-state index in [4.69, 9.17) is 0 Å². The summed E-state index contributed by atoms with van der Waals surface area (Å²) in [6.45, 7) is 5.07. The second-order valence-corrected chi connectivity index (χ2v) is 4.03. The topological polar surface area (TPSA) is 12.0 Å². The summed E-state index contributed by atoms with van der Waals surface area (Å²) >= 11 is 0. The molecule has 2 aromatic rings. The molecule has 17 heavy (non-hydrogen) atoms. The zero-order valence-electron chi connectivity index (χ0n) is 10.1. The Morgan fingerprint density at radius 3 is 2.35 bits per heavy atom. The van der Waals surface area contributed by atoms with Gasteiger partial charge < -0.3 is 5.32 Å². The number of hydrogen-bond acceptors (Lipinski definition) is 1. The van der Waals surface area contributed by atoms with Gasteiger partial charge >= 0.3 is 0 Å². The van der Waals surface area contributed by atoms with Crippen LogP contribution in [0.5, 0.6) is 0 Å². The van der Waals surface area contributed by atoms with Gasteiger partial charge in [0.1, 0.15) is 0 Å². The molecule has 0 fully saturated rings. The summed E-state index contributed by atoms with van der Waals surface area (Å²) in [5.74, 6) is 0. The van der Waals surface area contributed by atoms with Crippen molar-refractivity contribution in [2.24, 2.45) is 0 Å². The van der Waals surface area contributed by atoms with E-state index in [1.807, 2.05) is 25.2 Å². The summed E-state index contributed by atoms with van der Waals surface area (Å²) in [4.78, 5) is 0. The first-order valence-corrected chi connectivity index (χ1v) is 5.80. The number of rotatable bonds is 4. The third kappa shape index (κ3) is 2.63. The maximum atomic E-state index is 4.21. The van der Waals surface area contributed by atoms with Gasteiger partial charge in [0, 0.05) is 6.54 Å². The standard InChI is InChI=1S/C16H17N/c1-13(14-8-4-3-5-9-14)16-11-7-6-10-15(16)12-17-2/h3-11,17H,1,12H2,2H3.